The van der Waals surface area contributed by atoms with E-state index in [4.69, 9.17) is 0 Å². The van der Waals surface area contributed by atoms with E-state index in [1.54, 1.807) is 0 Å². The third kappa shape index (κ3) is 2.84. The minimum atomic E-state index is 1.05. The van der Waals surface area contributed by atoms with Crippen LogP contribution in [0.15, 0.2) is 60.9 Å². The van der Waals surface area contributed by atoms with Crippen molar-refractivity contribution in [3.8, 4) is 0 Å². The Hall–Kier alpha value is -2.09. The molecule has 19 heavy (non-hydrogen) atoms. The molecule has 2 nitrogen and oxygen atoms in total. The molecular formula is C17H18N2. The molecule has 0 fully saturated rings. The summed E-state index contributed by atoms with van der Waals surface area (Å²) < 4.78 is 2.25. The monoisotopic (exact) mass is 250 g/mol. The molecule has 2 heterocycles. The van der Waals surface area contributed by atoms with Crippen LogP contribution in [0.25, 0.3) is 11.0 Å². The van der Waals surface area contributed by atoms with Crippen molar-refractivity contribution in [3.05, 3.63) is 66.5 Å². The normalized spacial score (nSPS) is 10.9. The highest BCUT2D eigenvalue weighted by Crippen LogP contribution is 2.13. The molecule has 0 unspecified atom stereocenters. The quantitative estimate of drug-likeness (QED) is 0.624. The van der Waals surface area contributed by atoms with Crippen LogP contribution in [0.3, 0.4) is 0 Å². The summed E-state index contributed by atoms with van der Waals surface area (Å²) in [6.45, 7) is 1.05. The fraction of sp³-hybridized carbons (Fsp3) is 0.235. The summed E-state index contributed by atoms with van der Waals surface area (Å²) in [4.78, 5) is 4.44. The lowest BCUT2D eigenvalue weighted by molar-refractivity contribution is 0.621. The van der Waals surface area contributed by atoms with Gasteiger partial charge in [-0.15, -0.1) is 0 Å². The van der Waals surface area contributed by atoms with Gasteiger partial charge in [-0.3, -0.25) is 0 Å². The van der Waals surface area contributed by atoms with E-state index >= 15 is 0 Å². The van der Waals surface area contributed by atoms with Crippen LogP contribution in [0.4, 0.5) is 0 Å². The minimum Gasteiger partial charge on any atom is -0.333 e. The number of hydrogen-bond donors (Lipinski definition) is 0. The number of pyridine rings is 1. The molecule has 0 saturated heterocycles. The van der Waals surface area contributed by atoms with Crippen LogP contribution in [0.5, 0.6) is 0 Å². The van der Waals surface area contributed by atoms with Gasteiger partial charge in [0.2, 0.25) is 0 Å². The van der Waals surface area contributed by atoms with E-state index in [-0.39, 0.29) is 0 Å². The Kier molecular flexibility index (Phi) is 3.59. The Morgan fingerprint density at radius 1 is 0.895 bits per heavy atom. The van der Waals surface area contributed by atoms with E-state index in [2.05, 4.69) is 58.2 Å². The lowest BCUT2D eigenvalue weighted by atomic mass is 10.1. The lowest BCUT2D eigenvalue weighted by Crippen LogP contribution is -1.98. The van der Waals surface area contributed by atoms with Crippen molar-refractivity contribution in [3.63, 3.8) is 0 Å². The number of rotatable bonds is 5. The Balaban J connectivity index is 1.55. The van der Waals surface area contributed by atoms with E-state index in [9.17, 15) is 0 Å². The molecule has 2 heteroatoms. The zero-order chi connectivity index (χ0) is 12.9. The Morgan fingerprint density at radius 3 is 2.68 bits per heavy atom. The number of unbranched alkanes of at least 4 members (excludes halogenated alkanes) is 1. The molecule has 1 aromatic carbocycles. The lowest BCUT2D eigenvalue weighted by Gasteiger charge is -2.05. The molecule has 0 spiro atoms. The van der Waals surface area contributed by atoms with Gasteiger partial charge in [0.25, 0.3) is 0 Å². The molecular weight excluding hydrogens is 232 g/mol. The summed E-state index contributed by atoms with van der Waals surface area (Å²) in [7, 11) is 0. The van der Waals surface area contributed by atoms with Gasteiger partial charge in [0, 0.05) is 24.3 Å². The van der Waals surface area contributed by atoms with E-state index in [0.717, 1.165) is 18.6 Å². The van der Waals surface area contributed by atoms with Crippen LogP contribution in [0.1, 0.15) is 18.4 Å². The summed E-state index contributed by atoms with van der Waals surface area (Å²) in [5.74, 6) is 0. The van der Waals surface area contributed by atoms with Gasteiger partial charge in [-0.05, 0) is 43.0 Å². The molecule has 0 amide bonds. The van der Waals surface area contributed by atoms with E-state index in [0.29, 0.717) is 0 Å². The molecule has 0 N–H and O–H groups in total. The number of nitrogens with zero attached hydrogens (tertiary/aromatic N) is 2. The van der Waals surface area contributed by atoms with Gasteiger partial charge in [0.05, 0.1) is 0 Å². The topological polar surface area (TPSA) is 17.8 Å². The number of fused-ring (bicyclic) bond motifs is 1. The average molecular weight is 250 g/mol. The van der Waals surface area contributed by atoms with Gasteiger partial charge in [0.15, 0.2) is 0 Å². The van der Waals surface area contributed by atoms with Crippen LogP contribution in [0.2, 0.25) is 0 Å². The molecule has 3 aromatic rings. The number of hydrogen-bond acceptors (Lipinski definition) is 1. The van der Waals surface area contributed by atoms with Crippen molar-refractivity contribution in [1.82, 2.24) is 9.55 Å². The third-order valence-corrected chi connectivity index (χ3v) is 3.48. The maximum atomic E-state index is 4.44. The van der Waals surface area contributed by atoms with Gasteiger partial charge in [0.1, 0.15) is 5.65 Å². The van der Waals surface area contributed by atoms with Crippen LogP contribution in [-0.4, -0.2) is 9.55 Å². The Labute approximate surface area is 113 Å². The molecule has 2 aromatic heterocycles. The van der Waals surface area contributed by atoms with Crippen molar-refractivity contribution in [2.75, 3.05) is 0 Å². The first-order valence-electron chi connectivity index (χ1n) is 6.87. The second-order valence-corrected chi connectivity index (χ2v) is 4.87. The van der Waals surface area contributed by atoms with Gasteiger partial charge >= 0.3 is 0 Å². The molecule has 0 aliphatic carbocycles. The van der Waals surface area contributed by atoms with Gasteiger partial charge in [-0.25, -0.2) is 4.98 Å². The number of benzene rings is 1. The standard InChI is InChI=1S/C17H18N2/c1-2-7-15(8-3-1)9-4-5-13-19-14-11-16-10-6-12-18-17(16)19/h1-3,6-8,10-12,14H,4-5,9,13H2. The fourth-order valence-electron chi connectivity index (χ4n) is 2.46. The van der Waals surface area contributed by atoms with Crippen LogP contribution >= 0.6 is 0 Å². The van der Waals surface area contributed by atoms with Crippen molar-refractivity contribution in [2.24, 2.45) is 0 Å². The first-order valence-corrected chi connectivity index (χ1v) is 6.87. The third-order valence-electron chi connectivity index (χ3n) is 3.48. The van der Waals surface area contributed by atoms with Crippen molar-refractivity contribution in [2.45, 2.75) is 25.8 Å². The second-order valence-electron chi connectivity index (χ2n) is 4.87. The molecule has 0 aliphatic heterocycles. The van der Waals surface area contributed by atoms with E-state index in [1.807, 2.05) is 12.3 Å². The smallest absolute Gasteiger partial charge is 0.139 e. The molecule has 96 valence electrons. The molecule has 0 radical (unpaired) electrons. The Bertz CT molecular complexity index is 640. The molecule has 0 bridgehead atoms. The molecule has 0 aliphatic rings. The van der Waals surface area contributed by atoms with Crippen LogP contribution < -0.4 is 0 Å². The molecule has 3 rings (SSSR count). The fourth-order valence-corrected chi connectivity index (χ4v) is 2.46. The maximum absolute atomic E-state index is 4.44. The van der Waals surface area contributed by atoms with Crippen molar-refractivity contribution in [1.29, 1.82) is 0 Å². The summed E-state index contributed by atoms with van der Waals surface area (Å²) in [5, 5.41) is 1.23. The zero-order valence-corrected chi connectivity index (χ0v) is 11.0. The SMILES string of the molecule is c1ccc(CCCCn2ccc3cccnc32)cc1. The van der Waals surface area contributed by atoms with E-state index < -0.39 is 0 Å². The van der Waals surface area contributed by atoms with Crippen molar-refractivity contribution >= 4 is 11.0 Å². The number of aromatic nitrogens is 2. The van der Waals surface area contributed by atoms with Crippen molar-refractivity contribution < 1.29 is 0 Å². The highest BCUT2D eigenvalue weighted by molar-refractivity contribution is 5.75. The first-order chi connectivity index (χ1) is 9.43. The highest BCUT2D eigenvalue weighted by Gasteiger charge is 2.00. The summed E-state index contributed by atoms with van der Waals surface area (Å²) >= 11 is 0. The highest BCUT2D eigenvalue weighted by atomic mass is 15.0. The van der Waals surface area contributed by atoms with Gasteiger partial charge in [-0.2, -0.15) is 0 Å². The predicted molar refractivity (Wildman–Crippen MR) is 79.1 cm³/mol. The minimum absolute atomic E-state index is 1.05. The maximum Gasteiger partial charge on any atom is 0.139 e. The average Bonchev–Trinajstić information content (AvgIpc) is 2.88. The van der Waals surface area contributed by atoms with Crippen LogP contribution in [-0.2, 0) is 13.0 Å². The zero-order valence-electron chi connectivity index (χ0n) is 11.0. The largest absolute Gasteiger partial charge is 0.333 e. The summed E-state index contributed by atoms with van der Waals surface area (Å²) in [6.07, 6.45) is 7.57. The number of aryl methyl sites for hydroxylation is 2. The first kappa shape index (κ1) is 12.0. The Morgan fingerprint density at radius 2 is 1.79 bits per heavy atom. The second kappa shape index (κ2) is 5.70. The molecule has 0 atom stereocenters. The molecule has 0 saturated carbocycles. The van der Waals surface area contributed by atoms with Crippen LogP contribution in [0, 0.1) is 0 Å². The summed E-state index contributed by atoms with van der Waals surface area (Å²) in [5.41, 5.74) is 2.53. The summed E-state index contributed by atoms with van der Waals surface area (Å²) in [6, 6.07) is 16.9. The predicted octanol–water partition coefficient (Wildman–Crippen LogP) is 4.06. The van der Waals surface area contributed by atoms with Gasteiger partial charge in [-0.1, -0.05) is 30.3 Å². The van der Waals surface area contributed by atoms with E-state index in [1.165, 1.54) is 23.8 Å². The van der Waals surface area contributed by atoms with Gasteiger partial charge < -0.3 is 4.57 Å².